The fraction of sp³-hybridized carbons (Fsp3) is 0.353. The zero-order chi connectivity index (χ0) is 18.8. The molecule has 0 saturated carbocycles. The lowest BCUT2D eigenvalue weighted by Crippen LogP contribution is -2.64. The van der Waals surface area contributed by atoms with E-state index in [2.05, 4.69) is 5.32 Å². The average molecular weight is 384 g/mol. The number of carbonyl (C=O) groups excluding carboxylic acids is 1. The first-order valence-corrected chi connectivity index (χ1v) is 8.25. The third-order valence-electron chi connectivity index (χ3n) is 4.16. The molecule has 5 N–H and O–H groups in total. The highest BCUT2D eigenvalue weighted by atomic mass is 35.5. The Bertz CT molecular complexity index is 763. The van der Waals surface area contributed by atoms with E-state index in [4.69, 9.17) is 25.9 Å². The number of ether oxygens (including phenoxy) is 1. The van der Waals surface area contributed by atoms with Crippen molar-refractivity contribution in [3.63, 3.8) is 0 Å². The van der Waals surface area contributed by atoms with Crippen LogP contribution >= 0.6 is 11.6 Å². The van der Waals surface area contributed by atoms with Crippen molar-refractivity contribution in [2.75, 3.05) is 6.61 Å². The van der Waals surface area contributed by atoms with Gasteiger partial charge in [-0.2, -0.15) is 0 Å². The van der Waals surface area contributed by atoms with Gasteiger partial charge in [0.15, 0.2) is 12.1 Å². The van der Waals surface area contributed by atoms with Crippen LogP contribution in [0.25, 0.3) is 11.3 Å². The number of rotatable bonds is 4. The van der Waals surface area contributed by atoms with Crippen molar-refractivity contribution in [2.24, 2.45) is 0 Å². The highest BCUT2D eigenvalue weighted by Crippen LogP contribution is 2.25. The molecular formula is C17H18ClNO7. The van der Waals surface area contributed by atoms with Crippen LogP contribution in [0.1, 0.15) is 10.6 Å². The number of nitrogens with one attached hydrogen (secondary N) is 1. The van der Waals surface area contributed by atoms with Crippen molar-refractivity contribution in [1.29, 1.82) is 0 Å². The van der Waals surface area contributed by atoms with Crippen LogP contribution in [-0.2, 0) is 4.74 Å². The van der Waals surface area contributed by atoms with Gasteiger partial charge in [-0.25, -0.2) is 0 Å². The summed E-state index contributed by atoms with van der Waals surface area (Å²) in [6.45, 7) is -0.585. The third kappa shape index (κ3) is 3.75. The van der Waals surface area contributed by atoms with E-state index in [0.717, 1.165) is 5.56 Å². The molecule has 5 atom stereocenters. The SMILES string of the molecule is O=C(N[C@@H]1[C@@H](O)[C@H](O)[C@@H](CO)O[C@H]1O)c1ccc(-c2ccc(Cl)cc2)o1. The number of benzene rings is 1. The minimum atomic E-state index is -1.60. The minimum Gasteiger partial charge on any atom is -0.451 e. The molecule has 1 amide bonds. The Hall–Kier alpha value is -1.94. The largest absolute Gasteiger partial charge is 0.451 e. The summed E-state index contributed by atoms with van der Waals surface area (Å²) in [4.78, 5) is 12.3. The fourth-order valence-corrected chi connectivity index (χ4v) is 2.83. The number of hydrogen-bond donors (Lipinski definition) is 5. The maximum Gasteiger partial charge on any atom is 0.287 e. The van der Waals surface area contributed by atoms with E-state index >= 15 is 0 Å². The van der Waals surface area contributed by atoms with Gasteiger partial charge in [0.25, 0.3) is 5.91 Å². The van der Waals surface area contributed by atoms with E-state index in [9.17, 15) is 20.1 Å². The highest BCUT2D eigenvalue weighted by molar-refractivity contribution is 6.30. The Kier molecular flexibility index (Phi) is 5.61. The van der Waals surface area contributed by atoms with Crippen LogP contribution in [0.15, 0.2) is 40.8 Å². The molecule has 0 radical (unpaired) electrons. The predicted molar refractivity (Wildman–Crippen MR) is 90.4 cm³/mol. The molecule has 1 aliphatic heterocycles. The number of furan rings is 1. The molecule has 1 aliphatic rings. The second-order valence-corrected chi connectivity index (χ2v) is 6.34. The number of carbonyl (C=O) groups is 1. The highest BCUT2D eigenvalue weighted by Gasteiger charge is 2.44. The number of aliphatic hydroxyl groups is 4. The molecule has 0 bridgehead atoms. The van der Waals surface area contributed by atoms with Crippen LogP contribution in [0.3, 0.4) is 0 Å². The van der Waals surface area contributed by atoms with Crippen LogP contribution < -0.4 is 5.32 Å². The van der Waals surface area contributed by atoms with E-state index < -0.39 is 43.2 Å². The summed E-state index contributed by atoms with van der Waals surface area (Å²) in [5.41, 5.74) is 0.718. The monoisotopic (exact) mass is 383 g/mol. The van der Waals surface area contributed by atoms with Gasteiger partial charge in [-0.3, -0.25) is 4.79 Å². The van der Waals surface area contributed by atoms with Gasteiger partial charge in [-0.1, -0.05) is 11.6 Å². The molecule has 2 heterocycles. The average Bonchev–Trinajstić information content (AvgIpc) is 3.12. The topological polar surface area (TPSA) is 132 Å². The second-order valence-electron chi connectivity index (χ2n) is 5.90. The number of aliphatic hydroxyl groups excluding tert-OH is 4. The normalized spacial score (nSPS) is 28.7. The van der Waals surface area contributed by atoms with Crippen LogP contribution in [0.5, 0.6) is 0 Å². The lowest BCUT2D eigenvalue weighted by Gasteiger charge is -2.40. The predicted octanol–water partition coefficient (Wildman–Crippen LogP) is 0.130. The molecule has 140 valence electrons. The van der Waals surface area contributed by atoms with Gasteiger partial charge in [-0.05, 0) is 36.4 Å². The summed E-state index contributed by atoms with van der Waals surface area (Å²) in [6.07, 6.45) is -5.73. The lowest BCUT2D eigenvalue weighted by atomic mass is 9.97. The Labute approximate surface area is 153 Å². The first-order valence-electron chi connectivity index (χ1n) is 7.88. The van der Waals surface area contributed by atoms with Gasteiger partial charge in [-0.15, -0.1) is 0 Å². The molecule has 0 unspecified atom stereocenters. The van der Waals surface area contributed by atoms with Gasteiger partial charge in [0, 0.05) is 10.6 Å². The first-order chi connectivity index (χ1) is 12.4. The van der Waals surface area contributed by atoms with Gasteiger partial charge in [0.1, 0.15) is 30.1 Å². The second kappa shape index (κ2) is 7.75. The summed E-state index contributed by atoms with van der Waals surface area (Å²) in [5, 5.41) is 41.8. The zero-order valence-electron chi connectivity index (χ0n) is 13.4. The van der Waals surface area contributed by atoms with Gasteiger partial charge >= 0.3 is 0 Å². The molecule has 1 aromatic carbocycles. The summed E-state index contributed by atoms with van der Waals surface area (Å²) < 4.78 is 10.5. The van der Waals surface area contributed by atoms with Crippen LogP contribution in [0.2, 0.25) is 5.02 Å². The molecule has 26 heavy (non-hydrogen) atoms. The Morgan fingerprint density at radius 1 is 1.08 bits per heavy atom. The molecule has 0 spiro atoms. The molecular weight excluding hydrogens is 366 g/mol. The lowest BCUT2D eigenvalue weighted by molar-refractivity contribution is -0.252. The number of hydrogen-bond acceptors (Lipinski definition) is 7. The van der Waals surface area contributed by atoms with Crippen LogP contribution in [0, 0.1) is 0 Å². The quantitative estimate of drug-likeness (QED) is 0.507. The maximum atomic E-state index is 12.3. The summed E-state index contributed by atoms with van der Waals surface area (Å²) in [7, 11) is 0. The smallest absolute Gasteiger partial charge is 0.287 e. The van der Waals surface area contributed by atoms with E-state index in [1.165, 1.54) is 6.07 Å². The third-order valence-corrected chi connectivity index (χ3v) is 4.41. The van der Waals surface area contributed by atoms with Crippen molar-refractivity contribution >= 4 is 17.5 Å². The molecule has 3 rings (SSSR count). The van der Waals surface area contributed by atoms with Gasteiger partial charge < -0.3 is 34.9 Å². The Morgan fingerprint density at radius 2 is 1.77 bits per heavy atom. The zero-order valence-corrected chi connectivity index (χ0v) is 14.2. The summed E-state index contributed by atoms with van der Waals surface area (Å²) in [6, 6.07) is 8.58. The number of amides is 1. The Morgan fingerprint density at radius 3 is 2.42 bits per heavy atom. The van der Waals surface area contributed by atoms with E-state index in [1.807, 2.05) is 0 Å². The van der Waals surface area contributed by atoms with Crippen molar-refractivity contribution in [3.05, 3.63) is 47.2 Å². The molecule has 2 aromatic rings. The van der Waals surface area contributed by atoms with Crippen LogP contribution in [0.4, 0.5) is 0 Å². The van der Waals surface area contributed by atoms with E-state index in [0.29, 0.717) is 10.8 Å². The van der Waals surface area contributed by atoms with Crippen molar-refractivity contribution < 1.29 is 34.4 Å². The molecule has 1 fully saturated rings. The van der Waals surface area contributed by atoms with Gasteiger partial charge in [0.05, 0.1) is 6.61 Å². The Balaban J connectivity index is 1.71. The van der Waals surface area contributed by atoms with Crippen molar-refractivity contribution in [2.45, 2.75) is 30.6 Å². The van der Waals surface area contributed by atoms with Crippen molar-refractivity contribution in [3.8, 4) is 11.3 Å². The molecule has 0 aliphatic carbocycles. The van der Waals surface area contributed by atoms with E-state index in [-0.39, 0.29) is 5.76 Å². The fourth-order valence-electron chi connectivity index (χ4n) is 2.70. The minimum absolute atomic E-state index is 0.0480. The molecule has 1 aromatic heterocycles. The molecule has 1 saturated heterocycles. The van der Waals surface area contributed by atoms with Crippen LogP contribution in [-0.4, -0.2) is 63.6 Å². The van der Waals surface area contributed by atoms with Crippen molar-refractivity contribution in [1.82, 2.24) is 5.32 Å². The maximum absolute atomic E-state index is 12.3. The molecule has 8 nitrogen and oxygen atoms in total. The first kappa shape index (κ1) is 18.8. The summed E-state index contributed by atoms with van der Waals surface area (Å²) in [5.74, 6) is -0.312. The van der Waals surface area contributed by atoms with Gasteiger partial charge in [0.2, 0.25) is 0 Å². The molecule has 9 heteroatoms. The standard InChI is InChI=1S/C17H18ClNO7/c18-9-3-1-8(2-4-9)10-5-6-11(25-10)16(23)19-13-15(22)14(21)12(7-20)26-17(13)24/h1-6,12-15,17,20-22,24H,7H2,(H,19,23)/t12-,13-,14-,15-,17-/m1/s1. The van der Waals surface area contributed by atoms with E-state index in [1.54, 1.807) is 30.3 Å². The summed E-state index contributed by atoms with van der Waals surface area (Å²) >= 11 is 5.83. The number of halogens is 1.